The van der Waals surface area contributed by atoms with Gasteiger partial charge in [-0.25, -0.2) is 8.78 Å². The smallest absolute Gasteiger partial charge is 0.123 e. The minimum atomic E-state index is -0.214. The quantitative estimate of drug-likeness (QED) is 0.401. The topological polar surface area (TPSA) is 40.1 Å². The van der Waals surface area contributed by atoms with Gasteiger partial charge in [0.25, 0.3) is 0 Å². The summed E-state index contributed by atoms with van der Waals surface area (Å²) in [5.74, 6) is -0.404. The fourth-order valence-corrected chi connectivity index (χ4v) is 5.09. The zero-order chi connectivity index (χ0) is 23.1. The van der Waals surface area contributed by atoms with Crippen molar-refractivity contribution in [2.75, 3.05) is 37.6 Å². The number of rotatable bonds is 7. The van der Waals surface area contributed by atoms with Crippen LogP contribution < -0.4 is 4.90 Å². The number of piperazine rings is 1. The highest BCUT2D eigenvalue weighted by molar-refractivity contribution is 5.83. The average molecular weight is 462 g/mol. The molecule has 5 nitrogen and oxygen atoms in total. The minimum Gasteiger partial charge on any atom is -0.368 e. The van der Waals surface area contributed by atoms with E-state index in [2.05, 4.69) is 26.1 Å². The van der Waals surface area contributed by atoms with Crippen LogP contribution in [-0.2, 0) is 6.42 Å². The molecule has 176 valence electrons. The fourth-order valence-electron chi connectivity index (χ4n) is 5.09. The number of aromatic nitrogens is 3. The molecule has 6 rings (SSSR count). The Labute approximate surface area is 198 Å². The standard InChI is InChI=1S/C27H29F2N5/c28-21-3-7-26-24(14-21)19(16-30-26)2-1-9-32-10-12-33(13-11-32)27-8-4-22(29)15-25(27)20-17-31-34(18-20)23-5-6-23/h3-4,7-8,14-18,23,30H,1-2,5-6,9-13H2. The number of halogens is 2. The van der Waals surface area contributed by atoms with Gasteiger partial charge in [-0.3, -0.25) is 9.58 Å². The number of aromatic amines is 1. The molecule has 0 spiro atoms. The molecule has 1 saturated carbocycles. The van der Waals surface area contributed by atoms with Gasteiger partial charge >= 0.3 is 0 Å². The fraction of sp³-hybridized carbons (Fsp3) is 0.370. The van der Waals surface area contributed by atoms with Crippen molar-refractivity contribution < 1.29 is 8.78 Å². The molecule has 4 aromatic rings. The molecule has 0 bridgehead atoms. The maximum atomic E-state index is 14.1. The first-order valence-corrected chi connectivity index (χ1v) is 12.2. The summed E-state index contributed by atoms with van der Waals surface area (Å²) in [6, 6.07) is 10.5. The number of hydrogen-bond donors (Lipinski definition) is 1. The van der Waals surface area contributed by atoms with Crippen LogP contribution in [0.5, 0.6) is 0 Å². The molecule has 1 saturated heterocycles. The third-order valence-electron chi connectivity index (χ3n) is 7.16. The van der Waals surface area contributed by atoms with Crippen LogP contribution >= 0.6 is 0 Å². The van der Waals surface area contributed by atoms with Crippen molar-refractivity contribution in [2.24, 2.45) is 0 Å². The lowest BCUT2D eigenvalue weighted by Gasteiger charge is -2.37. The molecule has 0 atom stereocenters. The van der Waals surface area contributed by atoms with Crippen molar-refractivity contribution in [3.8, 4) is 11.1 Å². The van der Waals surface area contributed by atoms with E-state index in [9.17, 15) is 8.78 Å². The van der Waals surface area contributed by atoms with Gasteiger partial charge in [-0.2, -0.15) is 5.10 Å². The van der Waals surface area contributed by atoms with Crippen molar-refractivity contribution in [1.82, 2.24) is 19.7 Å². The molecule has 2 fully saturated rings. The zero-order valence-corrected chi connectivity index (χ0v) is 19.2. The second kappa shape index (κ2) is 8.87. The van der Waals surface area contributed by atoms with Crippen molar-refractivity contribution in [3.05, 3.63) is 72.2 Å². The maximum absolute atomic E-state index is 14.1. The average Bonchev–Trinajstić information content (AvgIpc) is 3.45. The number of anilines is 1. The van der Waals surface area contributed by atoms with E-state index in [4.69, 9.17) is 0 Å². The molecule has 0 amide bonds. The molecule has 1 N–H and O–H groups in total. The predicted octanol–water partition coefficient (Wildman–Crippen LogP) is 5.40. The number of benzene rings is 2. The van der Waals surface area contributed by atoms with Crippen LogP contribution in [0.15, 0.2) is 55.0 Å². The predicted molar refractivity (Wildman–Crippen MR) is 131 cm³/mol. The highest BCUT2D eigenvalue weighted by Gasteiger charge is 2.25. The van der Waals surface area contributed by atoms with E-state index >= 15 is 0 Å². The van der Waals surface area contributed by atoms with Crippen molar-refractivity contribution in [1.29, 1.82) is 0 Å². The molecule has 34 heavy (non-hydrogen) atoms. The van der Waals surface area contributed by atoms with E-state index in [1.165, 1.54) is 24.5 Å². The van der Waals surface area contributed by atoms with Crippen LogP contribution in [0.1, 0.15) is 30.9 Å². The zero-order valence-electron chi connectivity index (χ0n) is 19.2. The van der Waals surface area contributed by atoms with Gasteiger partial charge in [-0.15, -0.1) is 0 Å². The van der Waals surface area contributed by atoms with Gasteiger partial charge in [0.05, 0.1) is 12.2 Å². The van der Waals surface area contributed by atoms with Crippen LogP contribution in [0.3, 0.4) is 0 Å². The molecule has 0 unspecified atom stereocenters. The Morgan fingerprint density at radius 2 is 1.76 bits per heavy atom. The summed E-state index contributed by atoms with van der Waals surface area (Å²) in [5.41, 5.74) is 5.15. The summed E-state index contributed by atoms with van der Waals surface area (Å²) in [7, 11) is 0. The Kier molecular flexibility index (Phi) is 5.57. The van der Waals surface area contributed by atoms with Gasteiger partial charge in [0.1, 0.15) is 11.6 Å². The second-order valence-corrected chi connectivity index (χ2v) is 9.54. The van der Waals surface area contributed by atoms with Gasteiger partial charge in [0, 0.05) is 66.3 Å². The summed E-state index contributed by atoms with van der Waals surface area (Å²) in [4.78, 5) is 8.09. The number of nitrogens with zero attached hydrogens (tertiary/aromatic N) is 4. The van der Waals surface area contributed by atoms with Crippen LogP contribution in [0, 0.1) is 11.6 Å². The molecule has 3 heterocycles. The summed E-state index contributed by atoms with van der Waals surface area (Å²) in [5, 5.41) is 5.49. The molecule has 2 aliphatic rings. The van der Waals surface area contributed by atoms with E-state index in [0.29, 0.717) is 6.04 Å². The largest absolute Gasteiger partial charge is 0.368 e. The van der Waals surface area contributed by atoms with Gasteiger partial charge in [0.2, 0.25) is 0 Å². The summed E-state index contributed by atoms with van der Waals surface area (Å²) < 4.78 is 29.8. The molecular weight excluding hydrogens is 432 g/mol. The lowest BCUT2D eigenvalue weighted by Crippen LogP contribution is -2.46. The summed E-state index contributed by atoms with van der Waals surface area (Å²) in [6.07, 6.45) is 10.2. The first-order valence-electron chi connectivity index (χ1n) is 12.2. The number of nitrogens with one attached hydrogen (secondary N) is 1. The maximum Gasteiger partial charge on any atom is 0.123 e. The third-order valence-corrected chi connectivity index (χ3v) is 7.16. The highest BCUT2D eigenvalue weighted by Crippen LogP contribution is 2.37. The lowest BCUT2D eigenvalue weighted by molar-refractivity contribution is 0.255. The number of hydrogen-bond acceptors (Lipinski definition) is 3. The third kappa shape index (κ3) is 4.32. The van der Waals surface area contributed by atoms with Crippen LogP contribution in [0.2, 0.25) is 0 Å². The first-order chi connectivity index (χ1) is 16.6. The second-order valence-electron chi connectivity index (χ2n) is 9.54. The van der Waals surface area contributed by atoms with E-state index in [1.54, 1.807) is 24.3 Å². The van der Waals surface area contributed by atoms with Gasteiger partial charge < -0.3 is 9.88 Å². The molecule has 2 aromatic heterocycles. The van der Waals surface area contributed by atoms with Crippen molar-refractivity contribution >= 4 is 16.6 Å². The monoisotopic (exact) mass is 461 g/mol. The summed E-state index contributed by atoms with van der Waals surface area (Å²) >= 11 is 0. The Morgan fingerprint density at radius 3 is 2.59 bits per heavy atom. The SMILES string of the molecule is Fc1ccc(N2CCN(CCCc3c[nH]c4ccc(F)cc34)CC2)c(-c2cnn(C3CC3)c2)c1. The molecule has 1 aliphatic heterocycles. The van der Waals surface area contributed by atoms with E-state index in [1.807, 2.05) is 23.1 Å². The van der Waals surface area contributed by atoms with Gasteiger partial charge in [-0.05, 0) is 74.2 Å². The van der Waals surface area contributed by atoms with Crippen LogP contribution in [0.25, 0.3) is 22.0 Å². The number of H-pyrrole nitrogens is 1. The van der Waals surface area contributed by atoms with Crippen LogP contribution in [-0.4, -0.2) is 52.4 Å². The molecule has 7 heteroatoms. The van der Waals surface area contributed by atoms with E-state index < -0.39 is 0 Å². The van der Waals surface area contributed by atoms with E-state index in [0.717, 1.165) is 73.3 Å². The minimum absolute atomic E-state index is 0.190. The Bertz CT molecular complexity index is 1300. The molecule has 0 radical (unpaired) electrons. The first kappa shape index (κ1) is 21.4. The Balaban J connectivity index is 1.08. The van der Waals surface area contributed by atoms with Gasteiger partial charge in [0.15, 0.2) is 0 Å². The lowest BCUT2D eigenvalue weighted by atomic mass is 10.0. The van der Waals surface area contributed by atoms with Crippen LogP contribution in [0.4, 0.5) is 14.5 Å². The normalized spacial score (nSPS) is 17.1. The summed E-state index contributed by atoms with van der Waals surface area (Å²) in [6.45, 7) is 4.78. The van der Waals surface area contributed by atoms with Gasteiger partial charge in [-0.1, -0.05) is 0 Å². The highest BCUT2D eigenvalue weighted by atomic mass is 19.1. The number of aryl methyl sites for hydroxylation is 1. The van der Waals surface area contributed by atoms with Crippen molar-refractivity contribution in [3.63, 3.8) is 0 Å². The van der Waals surface area contributed by atoms with Crippen molar-refractivity contribution in [2.45, 2.75) is 31.7 Å². The van der Waals surface area contributed by atoms with E-state index in [-0.39, 0.29) is 11.6 Å². The molecule has 1 aliphatic carbocycles. The number of fused-ring (bicyclic) bond motifs is 1. The molecule has 2 aromatic carbocycles. The Morgan fingerprint density at radius 1 is 0.971 bits per heavy atom. The Hall–Kier alpha value is -3.19. The molecular formula is C27H29F2N5.